The van der Waals surface area contributed by atoms with Crippen molar-refractivity contribution >= 4 is 17.7 Å². The number of carboxylic acids is 1. The highest BCUT2D eigenvalue weighted by Gasteiger charge is 2.34. The number of anilines is 1. The van der Waals surface area contributed by atoms with Crippen LogP contribution in [0.15, 0.2) is 24.3 Å². The van der Waals surface area contributed by atoms with E-state index in [0.29, 0.717) is 13.0 Å². The maximum Gasteiger partial charge on any atom is 0.326 e. The second-order valence-electron chi connectivity index (χ2n) is 4.63. The summed E-state index contributed by atoms with van der Waals surface area (Å²) in [7, 11) is 0. The van der Waals surface area contributed by atoms with Crippen molar-refractivity contribution in [2.75, 3.05) is 11.9 Å². The second-order valence-corrected chi connectivity index (χ2v) is 4.63. The molecule has 1 aromatic carbocycles. The van der Waals surface area contributed by atoms with Crippen molar-refractivity contribution in [3.63, 3.8) is 0 Å². The number of nitrogens with zero attached hydrogens (tertiary/aromatic N) is 1. The number of rotatable bonds is 3. The van der Waals surface area contributed by atoms with E-state index in [1.807, 2.05) is 31.2 Å². The van der Waals surface area contributed by atoms with Crippen molar-refractivity contribution < 1.29 is 14.7 Å². The molecule has 5 nitrogen and oxygen atoms in total. The first-order chi connectivity index (χ1) is 9.13. The molecule has 0 aliphatic carbocycles. The van der Waals surface area contributed by atoms with Crippen LogP contribution < -0.4 is 5.32 Å². The van der Waals surface area contributed by atoms with Crippen LogP contribution in [0.5, 0.6) is 0 Å². The zero-order chi connectivity index (χ0) is 13.8. The molecule has 2 N–H and O–H groups in total. The molecular formula is C14H18N2O3. The molecule has 5 heteroatoms. The van der Waals surface area contributed by atoms with E-state index in [2.05, 4.69) is 5.32 Å². The minimum Gasteiger partial charge on any atom is -0.480 e. The van der Waals surface area contributed by atoms with Gasteiger partial charge in [-0.05, 0) is 30.9 Å². The molecule has 0 radical (unpaired) electrons. The van der Waals surface area contributed by atoms with E-state index in [9.17, 15) is 9.59 Å². The highest BCUT2D eigenvalue weighted by atomic mass is 16.4. The molecule has 1 aromatic rings. The van der Waals surface area contributed by atoms with Gasteiger partial charge in [0.1, 0.15) is 6.04 Å². The van der Waals surface area contributed by atoms with Gasteiger partial charge in [-0.25, -0.2) is 9.59 Å². The number of likely N-dealkylation sites (tertiary alicyclic amines) is 1. The van der Waals surface area contributed by atoms with Gasteiger partial charge in [0, 0.05) is 12.2 Å². The summed E-state index contributed by atoms with van der Waals surface area (Å²) < 4.78 is 0. The summed E-state index contributed by atoms with van der Waals surface area (Å²) in [6.45, 7) is 2.51. The van der Waals surface area contributed by atoms with Gasteiger partial charge in [-0.15, -0.1) is 0 Å². The van der Waals surface area contributed by atoms with Gasteiger partial charge in [-0.2, -0.15) is 0 Å². The van der Waals surface area contributed by atoms with Crippen molar-refractivity contribution in [2.45, 2.75) is 32.2 Å². The SMILES string of the molecule is CCc1ccccc1NC(=O)N1CCC[C@@H]1C(=O)O. The number of carbonyl (C=O) groups excluding carboxylic acids is 1. The summed E-state index contributed by atoms with van der Waals surface area (Å²) in [6.07, 6.45) is 2.08. The van der Waals surface area contributed by atoms with Crippen LogP contribution in [-0.4, -0.2) is 34.6 Å². The quantitative estimate of drug-likeness (QED) is 0.878. The van der Waals surface area contributed by atoms with Crippen LogP contribution in [-0.2, 0) is 11.2 Å². The van der Waals surface area contributed by atoms with E-state index < -0.39 is 12.0 Å². The maximum absolute atomic E-state index is 12.1. The Morgan fingerprint density at radius 3 is 2.84 bits per heavy atom. The molecule has 1 aliphatic heterocycles. The van der Waals surface area contributed by atoms with E-state index in [0.717, 1.165) is 24.1 Å². The molecule has 19 heavy (non-hydrogen) atoms. The molecular weight excluding hydrogens is 244 g/mol. The minimum absolute atomic E-state index is 0.328. The van der Waals surface area contributed by atoms with Gasteiger partial charge in [0.2, 0.25) is 0 Å². The van der Waals surface area contributed by atoms with Gasteiger partial charge in [0.25, 0.3) is 0 Å². The molecule has 1 heterocycles. The number of benzene rings is 1. The number of para-hydroxylation sites is 1. The van der Waals surface area contributed by atoms with Crippen LogP contribution in [0.25, 0.3) is 0 Å². The van der Waals surface area contributed by atoms with Gasteiger partial charge >= 0.3 is 12.0 Å². The summed E-state index contributed by atoms with van der Waals surface area (Å²) in [5.74, 6) is -0.934. The highest BCUT2D eigenvalue weighted by Crippen LogP contribution is 2.21. The van der Waals surface area contributed by atoms with Crippen LogP contribution in [0.1, 0.15) is 25.3 Å². The Morgan fingerprint density at radius 2 is 2.16 bits per heavy atom. The van der Waals surface area contributed by atoms with Crippen molar-refractivity contribution in [3.8, 4) is 0 Å². The lowest BCUT2D eigenvalue weighted by molar-refractivity contribution is -0.141. The third kappa shape index (κ3) is 2.86. The molecule has 0 bridgehead atoms. The van der Waals surface area contributed by atoms with Crippen molar-refractivity contribution in [3.05, 3.63) is 29.8 Å². The van der Waals surface area contributed by atoms with E-state index in [1.54, 1.807) is 0 Å². The molecule has 1 aliphatic rings. The van der Waals surface area contributed by atoms with Crippen molar-refractivity contribution in [2.24, 2.45) is 0 Å². The van der Waals surface area contributed by atoms with Crippen LogP contribution in [0.3, 0.4) is 0 Å². The highest BCUT2D eigenvalue weighted by molar-refractivity contribution is 5.93. The van der Waals surface area contributed by atoms with Gasteiger partial charge in [-0.1, -0.05) is 25.1 Å². The minimum atomic E-state index is -0.934. The lowest BCUT2D eigenvalue weighted by Gasteiger charge is -2.22. The Morgan fingerprint density at radius 1 is 1.42 bits per heavy atom. The predicted octanol–water partition coefficient (Wildman–Crippen LogP) is 2.33. The lowest BCUT2D eigenvalue weighted by Crippen LogP contribution is -2.42. The monoisotopic (exact) mass is 262 g/mol. The number of carboxylic acid groups (broad SMARTS) is 1. The zero-order valence-electron chi connectivity index (χ0n) is 10.9. The molecule has 1 fully saturated rings. The fourth-order valence-electron chi connectivity index (χ4n) is 2.40. The molecule has 0 saturated carbocycles. The molecule has 2 rings (SSSR count). The zero-order valence-corrected chi connectivity index (χ0v) is 10.9. The largest absolute Gasteiger partial charge is 0.480 e. The smallest absolute Gasteiger partial charge is 0.326 e. The van der Waals surface area contributed by atoms with Crippen LogP contribution in [0.2, 0.25) is 0 Å². The molecule has 1 atom stereocenters. The Balaban J connectivity index is 2.10. The van der Waals surface area contributed by atoms with Gasteiger partial charge < -0.3 is 15.3 Å². The number of hydrogen-bond donors (Lipinski definition) is 2. The molecule has 0 spiro atoms. The Bertz CT molecular complexity index is 487. The molecule has 2 amide bonds. The van der Waals surface area contributed by atoms with Crippen LogP contribution in [0.4, 0.5) is 10.5 Å². The number of nitrogens with one attached hydrogen (secondary N) is 1. The molecule has 1 saturated heterocycles. The number of hydrogen-bond acceptors (Lipinski definition) is 2. The number of aryl methyl sites for hydroxylation is 1. The van der Waals surface area contributed by atoms with Crippen molar-refractivity contribution in [1.29, 1.82) is 0 Å². The Hall–Kier alpha value is -2.04. The fourth-order valence-corrected chi connectivity index (χ4v) is 2.40. The first-order valence-corrected chi connectivity index (χ1v) is 6.51. The number of amides is 2. The van der Waals surface area contributed by atoms with Gasteiger partial charge in [0.05, 0.1) is 0 Å². The fraction of sp³-hybridized carbons (Fsp3) is 0.429. The summed E-state index contributed by atoms with van der Waals surface area (Å²) in [5.41, 5.74) is 1.80. The van der Waals surface area contributed by atoms with Crippen LogP contribution >= 0.6 is 0 Å². The normalized spacial score (nSPS) is 18.4. The summed E-state index contributed by atoms with van der Waals surface area (Å²) in [6, 6.07) is 6.54. The molecule has 102 valence electrons. The first kappa shape index (κ1) is 13.4. The van der Waals surface area contributed by atoms with Crippen molar-refractivity contribution in [1.82, 2.24) is 4.90 Å². The molecule has 0 aromatic heterocycles. The van der Waals surface area contributed by atoms with Gasteiger partial charge in [-0.3, -0.25) is 0 Å². The standard InChI is InChI=1S/C14H18N2O3/c1-2-10-6-3-4-7-11(10)15-14(19)16-9-5-8-12(16)13(17)18/h3-4,6-7,12H,2,5,8-9H2,1H3,(H,15,19)(H,17,18)/t12-/m1/s1. The maximum atomic E-state index is 12.1. The number of aliphatic carboxylic acids is 1. The summed E-state index contributed by atoms with van der Waals surface area (Å²) in [4.78, 5) is 24.6. The van der Waals surface area contributed by atoms with E-state index >= 15 is 0 Å². The average Bonchev–Trinajstić information content (AvgIpc) is 2.88. The first-order valence-electron chi connectivity index (χ1n) is 6.51. The second kappa shape index (κ2) is 5.73. The average molecular weight is 262 g/mol. The number of urea groups is 1. The van der Waals surface area contributed by atoms with E-state index in [1.165, 1.54) is 4.90 Å². The Labute approximate surface area is 112 Å². The lowest BCUT2D eigenvalue weighted by atomic mass is 10.1. The third-order valence-electron chi connectivity index (χ3n) is 3.44. The topological polar surface area (TPSA) is 69.6 Å². The molecule has 0 unspecified atom stereocenters. The predicted molar refractivity (Wildman–Crippen MR) is 72.2 cm³/mol. The Kier molecular flexibility index (Phi) is 4.04. The summed E-state index contributed by atoms with van der Waals surface area (Å²) in [5, 5.41) is 11.9. The third-order valence-corrected chi connectivity index (χ3v) is 3.44. The van der Waals surface area contributed by atoms with E-state index in [-0.39, 0.29) is 6.03 Å². The number of carbonyl (C=O) groups is 2. The summed E-state index contributed by atoms with van der Waals surface area (Å²) >= 11 is 0. The van der Waals surface area contributed by atoms with Gasteiger partial charge in [0.15, 0.2) is 0 Å². The van der Waals surface area contributed by atoms with Crippen LogP contribution in [0, 0.1) is 0 Å². The van der Waals surface area contributed by atoms with E-state index in [4.69, 9.17) is 5.11 Å².